The smallest absolute Gasteiger partial charge is 0.343 e. The maximum absolute atomic E-state index is 12.8. The molecule has 3 rings (SSSR count). The topological polar surface area (TPSA) is 72.9 Å². The van der Waals surface area contributed by atoms with Crippen molar-refractivity contribution in [1.29, 1.82) is 0 Å². The summed E-state index contributed by atoms with van der Waals surface area (Å²) in [5.74, 6) is -0.363. The van der Waals surface area contributed by atoms with Crippen LogP contribution in [0, 0.1) is 0 Å². The number of hydrogen-bond acceptors (Lipinski definition) is 5. The van der Waals surface area contributed by atoms with Gasteiger partial charge < -0.3 is 9.47 Å². The molecule has 27 heavy (non-hydrogen) atoms. The van der Waals surface area contributed by atoms with Gasteiger partial charge in [-0.15, -0.1) is 0 Å². The number of esters is 1. The Hall–Kier alpha value is -1.93. The van der Waals surface area contributed by atoms with E-state index in [1.165, 1.54) is 28.6 Å². The lowest BCUT2D eigenvalue weighted by Gasteiger charge is -2.34. The zero-order chi connectivity index (χ0) is 19.6. The summed E-state index contributed by atoms with van der Waals surface area (Å²) in [7, 11) is -3.66. The summed E-state index contributed by atoms with van der Waals surface area (Å²) in [5, 5.41) is 0.320. The summed E-state index contributed by atoms with van der Waals surface area (Å²) in [6, 6.07) is 12.3. The highest BCUT2D eigenvalue weighted by Gasteiger charge is 2.32. The van der Waals surface area contributed by atoms with Gasteiger partial charge in [0, 0.05) is 13.1 Å². The fourth-order valence-corrected chi connectivity index (χ4v) is 4.69. The van der Waals surface area contributed by atoms with E-state index in [-0.39, 0.29) is 28.4 Å². The minimum absolute atomic E-state index is 0.123. The first-order valence-corrected chi connectivity index (χ1v) is 10.3. The predicted molar refractivity (Wildman–Crippen MR) is 102 cm³/mol. The van der Waals surface area contributed by atoms with Crippen LogP contribution >= 0.6 is 11.6 Å². The van der Waals surface area contributed by atoms with Gasteiger partial charge in [0.05, 0.1) is 27.7 Å². The van der Waals surface area contributed by atoms with Crippen molar-refractivity contribution in [3.05, 3.63) is 59.1 Å². The van der Waals surface area contributed by atoms with Gasteiger partial charge in [-0.2, -0.15) is 4.31 Å². The first-order valence-electron chi connectivity index (χ1n) is 8.50. The molecule has 8 heteroatoms. The molecule has 0 N–H and O–H groups in total. The number of hydrogen-bond donors (Lipinski definition) is 0. The minimum atomic E-state index is -3.66. The normalized spacial score (nSPS) is 21.0. The summed E-state index contributed by atoms with van der Waals surface area (Å²) in [6.07, 6.45) is -0.346. The highest BCUT2D eigenvalue weighted by atomic mass is 35.5. The highest BCUT2D eigenvalue weighted by Crippen LogP contribution is 2.25. The second-order valence-electron chi connectivity index (χ2n) is 6.42. The Morgan fingerprint density at radius 1 is 1.07 bits per heavy atom. The molecule has 1 aliphatic rings. The van der Waals surface area contributed by atoms with Crippen molar-refractivity contribution >= 4 is 27.6 Å². The Bertz CT molecular complexity index is 919. The van der Waals surface area contributed by atoms with E-state index in [0.29, 0.717) is 18.1 Å². The van der Waals surface area contributed by atoms with Gasteiger partial charge in [0.15, 0.2) is 0 Å². The second kappa shape index (κ2) is 7.98. The molecule has 0 aliphatic carbocycles. The van der Waals surface area contributed by atoms with E-state index in [2.05, 4.69) is 0 Å². The summed E-state index contributed by atoms with van der Waals surface area (Å²) in [5.41, 5.74) is 0.234. The molecule has 0 unspecified atom stereocenters. The number of sulfonamides is 1. The van der Waals surface area contributed by atoms with Gasteiger partial charge in [-0.05, 0) is 50.2 Å². The summed E-state index contributed by atoms with van der Waals surface area (Å²) in [4.78, 5) is 12.4. The molecule has 0 spiro atoms. The average molecular weight is 410 g/mol. The van der Waals surface area contributed by atoms with Gasteiger partial charge in [0.2, 0.25) is 10.0 Å². The van der Waals surface area contributed by atoms with Gasteiger partial charge in [-0.3, -0.25) is 0 Å². The number of halogens is 1. The summed E-state index contributed by atoms with van der Waals surface area (Å²) < 4.78 is 37.9. The quantitative estimate of drug-likeness (QED) is 0.572. The molecule has 144 valence electrons. The van der Waals surface area contributed by atoms with Crippen LogP contribution < -0.4 is 4.74 Å². The van der Waals surface area contributed by atoms with Crippen LogP contribution in [-0.2, 0) is 14.8 Å². The molecule has 0 bridgehead atoms. The molecule has 1 saturated heterocycles. The molecule has 0 saturated carbocycles. The predicted octanol–water partition coefficient (Wildman–Crippen LogP) is 3.36. The third-order valence-electron chi connectivity index (χ3n) is 4.15. The number of benzene rings is 2. The molecule has 1 heterocycles. The van der Waals surface area contributed by atoms with Crippen molar-refractivity contribution in [3.63, 3.8) is 0 Å². The Labute approximate surface area is 163 Å². The van der Waals surface area contributed by atoms with E-state index in [0.717, 1.165) is 0 Å². The van der Waals surface area contributed by atoms with E-state index in [1.807, 2.05) is 13.8 Å². The van der Waals surface area contributed by atoms with Crippen LogP contribution in [0.3, 0.4) is 0 Å². The van der Waals surface area contributed by atoms with Crippen molar-refractivity contribution in [1.82, 2.24) is 4.31 Å². The van der Waals surface area contributed by atoms with E-state index < -0.39 is 16.0 Å². The lowest BCUT2D eigenvalue weighted by atomic mass is 10.2. The molecule has 1 aliphatic heterocycles. The molecule has 0 amide bonds. The zero-order valence-corrected chi connectivity index (χ0v) is 16.5. The number of nitrogens with zero attached hydrogens (tertiary/aromatic N) is 1. The maximum atomic E-state index is 12.8. The van der Waals surface area contributed by atoms with Crippen molar-refractivity contribution in [2.75, 3.05) is 13.1 Å². The summed E-state index contributed by atoms with van der Waals surface area (Å²) in [6.45, 7) is 4.27. The Kier molecular flexibility index (Phi) is 5.86. The van der Waals surface area contributed by atoms with Gasteiger partial charge in [-0.1, -0.05) is 23.7 Å². The van der Waals surface area contributed by atoms with Gasteiger partial charge >= 0.3 is 5.97 Å². The Balaban J connectivity index is 1.76. The fourth-order valence-electron chi connectivity index (χ4n) is 2.93. The standard InChI is InChI=1S/C19H20ClNO5S/c1-13-11-21(12-14(2)25-13)27(23,24)16-9-7-15(8-10-16)19(22)26-18-6-4-3-5-17(18)20/h3-10,13-14H,11-12H2,1-2H3/t13-,14-/m1/s1. The number of ether oxygens (including phenoxy) is 2. The third-order valence-corrected chi connectivity index (χ3v) is 6.31. The first kappa shape index (κ1) is 19.8. The van der Waals surface area contributed by atoms with Crippen LogP contribution in [-0.4, -0.2) is 44.0 Å². The van der Waals surface area contributed by atoms with Crippen molar-refractivity contribution in [2.24, 2.45) is 0 Å². The lowest BCUT2D eigenvalue weighted by Crippen LogP contribution is -2.48. The van der Waals surface area contributed by atoms with Crippen LogP contribution in [0.1, 0.15) is 24.2 Å². The van der Waals surface area contributed by atoms with Crippen LogP contribution in [0.25, 0.3) is 0 Å². The Morgan fingerprint density at radius 3 is 2.26 bits per heavy atom. The molecule has 2 atom stereocenters. The monoisotopic (exact) mass is 409 g/mol. The first-order chi connectivity index (χ1) is 12.8. The van der Waals surface area contributed by atoms with E-state index in [9.17, 15) is 13.2 Å². The average Bonchev–Trinajstić information content (AvgIpc) is 2.63. The van der Waals surface area contributed by atoms with Gasteiger partial charge in [-0.25, -0.2) is 13.2 Å². The summed E-state index contributed by atoms with van der Waals surface area (Å²) >= 11 is 5.98. The highest BCUT2D eigenvalue weighted by molar-refractivity contribution is 7.89. The lowest BCUT2D eigenvalue weighted by molar-refractivity contribution is -0.0440. The molecule has 0 aromatic heterocycles. The molecule has 0 radical (unpaired) electrons. The van der Waals surface area contributed by atoms with E-state index in [4.69, 9.17) is 21.1 Å². The molecular formula is C19H20ClNO5S. The molecule has 2 aromatic rings. The maximum Gasteiger partial charge on any atom is 0.343 e. The Morgan fingerprint density at radius 2 is 1.67 bits per heavy atom. The SMILES string of the molecule is C[C@@H]1CN(S(=O)(=O)c2ccc(C(=O)Oc3ccccc3Cl)cc2)C[C@@H](C)O1. The number of carbonyl (C=O) groups excluding carboxylic acids is 1. The second-order valence-corrected chi connectivity index (χ2v) is 8.77. The molecule has 6 nitrogen and oxygen atoms in total. The van der Waals surface area contributed by atoms with Crippen LogP contribution in [0.2, 0.25) is 5.02 Å². The number of para-hydroxylation sites is 1. The number of morpholine rings is 1. The fraction of sp³-hybridized carbons (Fsp3) is 0.316. The number of rotatable bonds is 4. The molecule has 2 aromatic carbocycles. The van der Waals surface area contributed by atoms with Crippen molar-refractivity contribution < 1.29 is 22.7 Å². The van der Waals surface area contributed by atoms with Gasteiger partial charge in [0.1, 0.15) is 5.75 Å². The minimum Gasteiger partial charge on any atom is -0.421 e. The van der Waals surface area contributed by atoms with Crippen LogP contribution in [0.5, 0.6) is 5.75 Å². The van der Waals surface area contributed by atoms with Gasteiger partial charge in [0.25, 0.3) is 0 Å². The van der Waals surface area contributed by atoms with Crippen LogP contribution in [0.4, 0.5) is 0 Å². The molecule has 1 fully saturated rings. The van der Waals surface area contributed by atoms with E-state index in [1.54, 1.807) is 24.3 Å². The largest absolute Gasteiger partial charge is 0.421 e. The zero-order valence-electron chi connectivity index (χ0n) is 15.0. The molecular weight excluding hydrogens is 390 g/mol. The van der Waals surface area contributed by atoms with Crippen molar-refractivity contribution in [3.8, 4) is 5.75 Å². The third kappa shape index (κ3) is 4.50. The van der Waals surface area contributed by atoms with E-state index >= 15 is 0 Å². The number of carbonyl (C=O) groups is 1. The van der Waals surface area contributed by atoms with Crippen LogP contribution in [0.15, 0.2) is 53.4 Å². The van der Waals surface area contributed by atoms with Crippen molar-refractivity contribution in [2.45, 2.75) is 31.0 Å².